The molecule has 0 aliphatic rings. The first-order valence-corrected chi connectivity index (χ1v) is 6.43. The molecule has 0 bridgehead atoms. The summed E-state index contributed by atoms with van der Waals surface area (Å²) in [4.78, 5) is 22.2. The molecule has 2 rings (SSSR count). The highest BCUT2D eigenvalue weighted by Crippen LogP contribution is 2.34. The Bertz CT molecular complexity index is 716. The molecule has 1 amide bonds. The normalized spacial score (nSPS) is 10.2. The first-order valence-electron chi connectivity index (χ1n) is 5.63. The van der Waals surface area contributed by atoms with Gasteiger partial charge in [-0.3, -0.25) is 14.9 Å². The smallest absolute Gasteiger partial charge is 0.296 e. The van der Waals surface area contributed by atoms with E-state index in [-0.39, 0.29) is 15.7 Å². The van der Waals surface area contributed by atoms with Crippen molar-refractivity contribution < 1.29 is 19.2 Å². The van der Waals surface area contributed by atoms with Gasteiger partial charge >= 0.3 is 0 Å². The zero-order chi connectivity index (χ0) is 15.6. The molecule has 0 spiro atoms. The van der Waals surface area contributed by atoms with Crippen molar-refractivity contribution in [2.24, 2.45) is 0 Å². The van der Waals surface area contributed by atoms with Gasteiger partial charge in [0, 0.05) is 10.5 Å². The van der Waals surface area contributed by atoms with Crippen LogP contribution < -0.4 is 5.32 Å². The first kappa shape index (κ1) is 14.9. The number of benzene rings is 2. The summed E-state index contributed by atoms with van der Waals surface area (Å²) >= 11 is 3.03. The van der Waals surface area contributed by atoms with E-state index in [0.717, 1.165) is 12.1 Å². The molecule has 0 saturated heterocycles. The fraction of sp³-hybridized carbons (Fsp3) is 0. The van der Waals surface area contributed by atoms with Crippen molar-refractivity contribution >= 4 is 33.2 Å². The van der Waals surface area contributed by atoms with Crippen LogP contribution in [0.1, 0.15) is 10.4 Å². The molecule has 0 aromatic heterocycles. The molecule has 0 fully saturated rings. The second kappa shape index (κ2) is 5.88. The fourth-order valence-electron chi connectivity index (χ4n) is 1.70. The minimum absolute atomic E-state index is 0.193. The minimum atomic E-state index is -0.912. The SMILES string of the molecule is O=C(Nc1c(O)cccc1[N+](=O)[O-])c1c(F)cccc1Br. The van der Waals surface area contributed by atoms with Crippen LogP contribution in [-0.2, 0) is 0 Å². The highest BCUT2D eigenvalue weighted by Gasteiger charge is 2.22. The monoisotopic (exact) mass is 354 g/mol. The lowest BCUT2D eigenvalue weighted by Crippen LogP contribution is -2.15. The van der Waals surface area contributed by atoms with Gasteiger partial charge in [0.25, 0.3) is 11.6 Å². The van der Waals surface area contributed by atoms with Crippen molar-refractivity contribution in [3.8, 4) is 5.75 Å². The quantitative estimate of drug-likeness (QED) is 0.501. The summed E-state index contributed by atoms with van der Waals surface area (Å²) < 4.78 is 13.9. The molecule has 0 unspecified atom stereocenters. The largest absolute Gasteiger partial charge is 0.505 e. The minimum Gasteiger partial charge on any atom is -0.505 e. The van der Waals surface area contributed by atoms with Gasteiger partial charge in [-0.15, -0.1) is 0 Å². The van der Waals surface area contributed by atoms with E-state index >= 15 is 0 Å². The molecule has 2 aromatic rings. The Kier molecular flexibility index (Phi) is 4.18. The average molecular weight is 355 g/mol. The molecular formula is C13H8BrFN2O4. The summed E-state index contributed by atoms with van der Waals surface area (Å²) in [6.07, 6.45) is 0. The molecule has 8 heteroatoms. The molecule has 0 aliphatic heterocycles. The van der Waals surface area contributed by atoms with Crippen molar-refractivity contribution in [1.82, 2.24) is 0 Å². The maximum atomic E-state index is 13.7. The molecule has 0 aliphatic carbocycles. The summed E-state index contributed by atoms with van der Waals surface area (Å²) in [6, 6.07) is 7.50. The number of nitrogens with one attached hydrogen (secondary N) is 1. The molecule has 2 N–H and O–H groups in total. The number of halogens is 2. The van der Waals surface area contributed by atoms with E-state index in [0.29, 0.717) is 0 Å². The number of rotatable bonds is 3. The number of phenolic OH excluding ortho intramolecular Hbond substituents is 1. The standard InChI is InChI=1S/C13H8BrFN2O4/c14-7-3-1-4-8(15)11(7)13(19)16-12-9(17(20)21)5-2-6-10(12)18/h1-6,18H,(H,16,19). The van der Waals surface area contributed by atoms with Gasteiger partial charge in [0.15, 0.2) is 5.69 Å². The zero-order valence-electron chi connectivity index (χ0n) is 10.3. The van der Waals surface area contributed by atoms with Crippen molar-refractivity contribution in [3.05, 3.63) is 62.4 Å². The van der Waals surface area contributed by atoms with E-state index in [4.69, 9.17) is 0 Å². The molecule has 6 nitrogen and oxygen atoms in total. The number of nitro groups is 1. The first-order chi connectivity index (χ1) is 9.91. The Morgan fingerprint density at radius 1 is 1.29 bits per heavy atom. The maximum absolute atomic E-state index is 13.7. The Labute approximate surface area is 126 Å². The third-order valence-corrected chi connectivity index (χ3v) is 3.31. The number of carbonyl (C=O) groups excluding carboxylic acids is 1. The lowest BCUT2D eigenvalue weighted by molar-refractivity contribution is -0.384. The summed E-state index contributed by atoms with van der Waals surface area (Å²) in [5.41, 5.74) is -1.19. The highest BCUT2D eigenvalue weighted by atomic mass is 79.9. The van der Waals surface area contributed by atoms with Gasteiger partial charge in [0.1, 0.15) is 11.6 Å². The van der Waals surface area contributed by atoms with Crippen molar-refractivity contribution in [1.29, 1.82) is 0 Å². The van der Waals surface area contributed by atoms with E-state index < -0.39 is 28.1 Å². The van der Waals surface area contributed by atoms with Gasteiger partial charge in [0.2, 0.25) is 0 Å². The number of aromatic hydroxyl groups is 1. The number of anilines is 1. The predicted molar refractivity (Wildman–Crippen MR) is 76.8 cm³/mol. The van der Waals surface area contributed by atoms with Gasteiger partial charge < -0.3 is 10.4 Å². The van der Waals surface area contributed by atoms with Crippen LogP contribution in [0.2, 0.25) is 0 Å². The Balaban J connectivity index is 2.44. The molecule has 2 aromatic carbocycles. The molecule has 108 valence electrons. The van der Waals surface area contributed by atoms with Gasteiger partial charge in [-0.1, -0.05) is 12.1 Å². The second-order valence-electron chi connectivity index (χ2n) is 3.98. The zero-order valence-corrected chi connectivity index (χ0v) is 11.9. The Morgan fingerprint density at radius 3 is 2.57 bits per heavy atom. The topological polar surface area (TPSA) is 92.5 Å². The number of para-hydroxylation sites is 1. The van der Waals surface area contributed by atoms with Crippen LogP contribution in [0.5, 0.6) is 5.75 Å². The third kappa shape index (κ3) is 3.00. The summed E-state index contributed by atoms with van der Waals surface area (Å²) in [6.45, 7) is 0. The number of phenols is 1. The number of amides is 1. The number of carbonyl (C=O) groups is 1. The molecule has 0 saturated carbocycles. The number of hydrogen-bond donors (Lipinski definition) is 2. The molecule has 0 heterocycles. The molecule has 0 radical (unpaired) electrons. The third-order valence-electron chi connectivity index (χ3n) is 2.65. The Morgan fingerprint density at radius 2 is 1.95 bits per heavy atom. The number of nitrogens with zero attached hydrogens (tertiary/aromatic N) is 1. The predicted octanol–water partition coefficient (Wildman–Crippen LogP) is 3.45. The summed E-state index contributed by atoms with van der Waals surface area (Å²) in [7, 11) is 0. The van der Waals surface area contributed by atoms with E-state index in [9.17, 15) is 24.4 Å². The molecule has 0 atom stereocenters. The van der Waals surface area contributed by atoms with Crippen molar-refractivity contribution in [2.45, 2.75) is 0 Å². The van der Waals surface area contributed by atoms with E-state index in [2.05, 4.69) is 21.2 Å². The lowest BCUT2D eigenvalue weighted by Gasteiger charge is -2.09. The summed E-state index contributed by atoms with van der Waals surface area (Å²) in [5, 5.41) is 22.7. The van der Waals surface area contributed by atoms with Gasteiger partial charge in [-0.2, -0.15) is 0 Å². The number of nitro benzene ring substituents is 1. The van der Waals surface area contributed by atoms with E-state index in [1.807, 2.05) is 0 Å². The maximum Gasteiger partial charge on any atom is 0.296 e. The number of hydrogen-bond acceptors (Lipinski definition) is 4. The van der Waals surface area contributed by atoms with Crippen molar-refractivity contribution in [2.75, 3.05) is 5.32 Å². The lowest BCUT2D eigenvalue weighted by atomic mass is 10.2. The van der Waals surface area contributed by atoms with E-state index in [1.54, 1.807) is 0 Å². The van der Waals surface area contributed by atoms with Crippen LogP contribution in [0.3, 0.4) is 0 Å². The van der Waals surface area contributed by atoms with Crippen LogP contribution in [0.15, 0.2) is 40.9 Å². The fourth-order valence-corrected chi connectivity index (χ4v) is 2.22. The Hall–Kier alpha value is -2.48. The van der Waals surface area contributed by atoms with E-state index in [1.165, 1.54) is 24.3 Å². The molecule has 21 heavy (non-hydrogen) atoms. The van der Waals surface area contributed by atoms with Crippen LogP contribution in [0, 0.1) is 15.9 Å². The van der Waals surface area contributed by atoms with Crippen LogP contribution >= 0.6 is 15.9 Å². The second-order valence-corrected chi connectivity index (χ2v) is 4.83. The summed E-state index contributed by atoms with van der Waals surface area (Å²) in [5.74, 6) is -2.19. The van der Waals surface area contributed by atoms with Gasteiger partial charge in [-0.05, 0) is 34.1 Å². The van der Waals surface area contributed by atoms with Crippen LogP contribution in [0.25, 0.3) is 0 Å². The highest BCUT2D eigenvalue weighted by molar-refractivity contribution is 9.10. The molecular weight excluding hydrogens is 347 g/mol. The van der Waals surface area contributed by atoms with Crippen LogP contribution in [0.4, 0.5) is 15.8 Å². The van der Waals surface area contributed by atoms with Gasteiger partial charge in [-0.25, -0.2) is 4.39 Å². The van der Waals surface area contributed by atoms with Crippen molar-refractivity contribution in [3.63, 3.8) is 0 Å². The van der Waals surface area contributed by atoms with Crippen LogP contribution in [-0.4, -0.2) is 15.9 Å². The van der Waals surface area contributed by atoms with Gasteiger partial charge in [0.05, 0.1) is 10.5 Å². The average Bonchev–Trinajstić information content (AvgIpc) is 2.40.